The van der Waals surface area contributed by atoms with Crippen LogP contribution in [0, 0.1) is 0 Å². The van der Waals surface area contributed by atoms with Crippen LogP contribution in [0.4, 0.5) is 4.39 Å². The Labute approximate surface area is 98.9 Å². The minimum atomic E-state index is -1.14. The fourth-order valence-electron chi connectivity index (χ4n) is 1.74. The molecule has 0 unspecified atom stereocenters. The molecule has 2 heteroatoms. The summed E-state index contributed by atoms with van der Waals surface area (Å²) in [5.41, 5.74) is 5.18. The molecule has 16 heavy (non-hydrogen) atoms. The van der Waals surface area contributed by atoms with E-state index in [9.17, 15) is 4.39 Å². The largest absolute Gasteiger partial charge is 0.327 e. The summed E-state index contributed by atoms with van der Waals surface area (Å²) in [4.78, 5) is 0. The normalized spacial score (nSPS) is 26.5. The SMILES string of the molecule is CC.CC.NC1CC(F)(c2ccccc2)C1. The Morgan fingerprint density at radius 2 is 1.50 bits per heavy atom. The van der Waals surface area contributed by atoms with E-state index in [1.807, 2.05) is 58.0 Å². The number of alkyl halides is 1. The highest BCUT2D eigenvalue weighted by molar-refractivity contribution is 5.26. The van der Waals surface area contributed by atoms with Crippen LogP contribution in [0.1, 0.15) is 46.1 Å². The van der Waals surface area contributed by atoms with Crippen molar-refractivity contribution in [1.82, 2.24) is 0 Å². The topological polar surface area (TPSA) is 26.0 Å². The second kappa shape index (κ2) is 7.39. The molecular formula is C14H24FN. The van der Waals surface area contributed by atoms with Crippen LogP contribution < -0.4 is 5.73 Å². The molecule has 1 saturated carbocycles. The molecule has 1 aromatic rings. The zero-order valence-electron chi connectivity index (χ0n) is 10.8. The molecule has 0 aliphatic heterocycles. The van der Waals surface area contributed by atoms with Gasteiger partial charge < -0.3 is 5.73 Å². The molecule has 1 aliphatic carbocycles. The van der Waals surface area contributed by atoms with Gasteiger partial charge in [0.15, 0.2) is 0 Å². The Morgan fingerprint density at radius 1 is 1.06 bits per heavy atom. The Kier molecular flexibility index (Phi) is 6.98. The van der Waals surface area contributed by atoms with Gasteiger partial charge in [0.1, 0.15) is 5.67 Å². The van der Waals surface area contributed by atoms with Crippen LogP contribution in [0.15, 0.2) is 30.3 Å². The van der Waals surface area contributed by atoms with Crippen molar-refractivity contribution in [3.8, 4) is 0 Å². The van der Waals surface area contributed by atoms with Crippen LogP contribution in [-0.2, 0) is 5.67 Å². The van der Waals surface area contributed by atoms with E-state index in [1.54, 1.807) is 0 Å². The zero-order chi connectivity index (χ0) is 12.6. The first kappa shape index (κ1) is 15.1. The van der Waals surface area contributed by atoms with Crippen molar-refractivity contribution < 1.29 is 4.39 Å². The van der Waals surface area contributed by atoms with E-state index < -0.39 is 5.67 Å². The summed E-state index contributed by atoms with van der Waals surface area (Å²) < 4.78 is 13.8. The van der Waals surface area contributed by atoms with Crippen molar-refractivity contribution in [2.45, 2.75) is 52.2 Å². The van der Waals surface area contributed by atoms with E-state index in [0.29, 0.717) is 12.8 Å². The minimum absolute atomic E-state index is 0.0511. The molecule has 2 rings (SSSR count). The molecule has 1 nitrogen and oxygen atoms in total. The smallest absolute Gasteiger partial charge is 0.139 e. The van der Waals surface area contributed by atoms with Crippen LogP contribution in [-0.4, -0.2) is 6.04 Å². The van der Waals surface area contributed by atoms with E-state index in [4.69, 9.17) is 5.73 Å². The number of hydrogen-bond donors (Lipinski definition) is 1. The van der Waals surface area contributed by atoms with Crippen LogP contribution in [0.5, 0.6) is 0 Å². The number of halogens is 1. The van der Waals surface area contributed by atoms with Crippen LogP contribution in [0.2, 0.25) is 0 Å². The summed E-state index contributed by atoms with van der Waals surface area (Å²) in [5.74, 6) is 0. The molecule has 0 bridgehead atoms. The highest BCUT2D eigenvalue weighted by Crippen LogP contribution is 2.43. The molecular weight excluding hydrogens is 201 g/mol. The average molecular weight is 225 g/mol. The predicted octanol–water partition coefficient (Wildman–Crippen LogP) is 4.02. The van der Waals surface area contributed by atoms with Gasteiger partial charge in [0.2, 0.25) is 0 Å². The lowest BCUT2D eigenvalue weighted by atomic mass is 9.73. The lowest BCUT2D eigenvalue weighted by Crippen LogP contribution is -2.46. The molecule has 0 saturated heterocycles. The van der Waals surface area contributed by atoms with Gasteiger partial charge in [-0.05, 0) is 5.56 Å². The molecule has 2 N–H and O–H groups in total. The Bertz CT molecular complexity index is 265. The third kappa shape index (κ3) is 3.60. The van der Waals surface area contributed by atoms with Crippen molar-refractivity contribution in [2.24, 2.45) is 5.73 Å². The Morgan fingerprint density at radius 3 is 1.88 bits per heavy atom. The van der Waals surface area contributed by atoms with E-state index in [2.05, 4.69) is 0 Å². The lowest BCUT2D eigenvalue weighted by molar-refractivity contribution is 0.0406. The Balaban J connectivity index is 0.000000509. The molecule has 0 atom stereocenters. The molecule has 92 valence electrons. The van der Waals surface area contributed by atoms with E-state index >= 15 is 0 Å². The van der Waals surface area contributed by atoms with Crippen molar-refractivity contribution in [3.05, 3.63) is 35.9 Å². The second-order valence-electron chi connectivity index (χ2n) is 3.50. The number of nitrogens with two attached hydrogens (primary N) is 1. The molecule has 0 heterocycles. The lowest BCUT2D eigenvalue weighted by Gasteiger charge is -2.39. The third-order valence-electron chi connectivity index (χ3n) is 2.46. The van der Waals surface area contributed by atoms with Crippen LogP contribution >= 0.6 is 0 Å². The standard InChI is InChI=1S/C10H12FN.2C2H6/c11-10(6-9(12)7-10)8-4-2-1-3-5-8;2*1-2/h1-5,9H,6-7,12H2;2*1-2H3. The monoisotopic (exact) mass is 225 g/mol. The maximum Gasteiger partial charge on any atom is 0.139 e. The van der Waals surface area contributed by atoms with Crippen LogP contribution in [0.3, 0.4) is 0 Å². The molecule has 1 fully saturated rings. The first-order valence-electron chi connectivity index (χ1n) is 6.21. The molecule has 0 spiro atoms. The van der Waals surface area contributed by atoms with E-state index in [1.165, 1.54) is 0 Å². The van der Waals surface area contributed by atoms with Crippen molar-refractivity contribution in [1.29, 1.82) is 0 Å². The molecule has 0 aromatic heterocycles. The highest BCUT2D eigenvalue weighted by atomic mass is 19.1. The van der Waals surface area contributed by atoms with Crippen molar-refractivity contribution >= 4 is 0 Å². The molecule has 1 aromatic carbocycles. The van der Waals surface area contributed by atoms with Gasteiger partial charge in [-0.1, -0.05) is 58.0 Å². The highest BCUT2D eigenvalue weighted by Gasteiger charge is 2.44. The second-order valence-corrected chi connectivity index (χ2v) is 3.50. The Hall–Kier alpha value is -0.890. The average Bonchev–Trinajstić information content (AvgIpc) is 2.34. The number of benzene rings is 1. The summed E-state index contributed by atoms with van der Waals surface area (Å²) in [5, 5.41) is 0. The maximum atomic E-state index is 13.8. The fourth-order valence-corrected chi connectivity index (χ4v) is 1.74. The van der Waals surface area contributed by atoms with Gasteiger partial charge in [0.05, 0.1) is 0 Å². The molecule has 0 amide bonds. The first-order valence-corrected chi connectivity index (χ1v) is 6.21. The first-order chi connectivity index (χ1) is 7.71. The van der Waals surface area contributed by atoms with E-state index in [0.717, 1.165) is 5.56 Å². The van der Waals surface area contributed by atoms with Crippen molar-refractivity contribution in [2.75, 3.05) is 0 Å². The van der Waals surface area contributed by atoms with Gasteiger partial charge in [-0.15, -0.1) is 0 Å². The van der Waals surface area contributed by atoms with Crippen LogP contribution in [0.25, 0.3) is 0 Å². The van der Waals surface area contributed by atoms with Crippen molar-refractivity contribution in [3.63, 3.8) is 0 Å². The summed E-state index contributed by atoms with van der Waals surface area (Å²) >= 11 is 0. The predicted molar refractivity (Wildman–Crippen MR) is 69.1 cm³/mol. The van der Waals surface area contributed by atoms with Gasteiger partial charge in [-0.25, -0.2) is 4.39 Å². The van der Waals surface area contributed by atoms with Gasteiger partial charge in [0, 0.05) is 18.9 Å². The van der Waals surface area contributed by atoms with Gasteiger partial charge in [0.25, 0.3) is 0 Å². The van der Waals surface area contributed by atoms with Gasteiger partial charge in [-0.3, -0.25) is 0 Å². The van der Waals surface area contributed by atoms with E-state index in [-0.39, 0.29) is 6.04 Å². The quantitative estimate of drug-likeness (QED) is 0.767. The minimum Gasteiger partial charge on any atom is -0.327 e. The third-order valence-corrected chi connectivity index (χ3v) is 2.46. The maximum absolute atomic E-state index is 13.8. The summed E-state index contributed by atoms with van der Waals surface area (Å²) in [6.07, 6.45) is 0.939. The number of hydrogen-bond acceptors (Lipinski definition) is 1. The fraction of sp³-hybridized carbons (Fsp3) is 0.571. The zero-order valence-corrected chi connectivity index (χ0v) is 10.8. The summed E-state index contributed by atoms with van der Waals surface area (Å²) in [7, 11) is 0. The summed E-state index contributed by atoms with van der Waals surface area (Å²) in [6.45, 7) is 8.00. The molecule has 0 radical (unpaired) electrons. The molecule has 1 aliphatic rings. The van der Waals surface area contributed by atoms with Gasteiger partial charge >= 0.3 is 0 Å². The number of rotatable bonds is 1. The summed E-state index contributed by atoms with van der Waals surface area (Å²) in [6, 6.07) is 9.32. The van der Waals surface area contributed by atoms with Gasteiger partial charge in [-0.2, -0.15) is 0 Å².